The summed E-state index contributed by atoms with van der Waals surface area (Å²) in [5, 5.41) is 2.45. The topological polar surface area (TPSA) is 58.1 Å². The summed E-state index contributed by atoms with van der Waals surface area (Å²) in [6, 6.07) is 6.03. The lowest BCUT2D eigenvalue weighted by Gasteiger charge is -2.22. The van der Waals surface area contributed by atoms with Crippen LogP contribution in [0.4, 0.5) is 24.7 Å². The summed E-state index contributed by atoms with van der Waals surface area (Å²) in [5.74, 6) is 0.0406. The van der Waals surface area contributed by atoms with E-state index in [1.54, 1.807) is 6.07 Å². The van der Waals surface area contributed by atoms with Gasteiger partial charge >= 0.3 is 6.18 Å². The fourth-order valence-corrected chi connectivity index (χ4v) is 2.49. The van der Waals surface area contributed by atoms with Crippen LogP contribution in [0.5, 0.6) is 0 Å². The molecule has 1 heterocycles. The van der Waals surface area contributed by atoms with E-state index >= 15 is 0 Å². The molecule has 5 nitrogen and oxygen atoms in total. The van der Waals surface area contributed by atoms with Crippen LogP contribution in [0.25, 0.3) is 0 Å². The van der Waals surface area contributed by atoms with Gasteiger partial charge < -0.3 is 10.2 Å². The Balaban J connectivity index is 2.19. The second-order valence-corrected chi connectivity index (χ2v) is 5.78. The van der Waals surface area contributed by atoms with Gasteiger partial charge in [-0.1, -0.05) is 19.9 Å². The summed E-state index contributed by atoms with van der Waals surface area (Å²) < 4.78 is 38.3. The molecule has 8 heteroatoms. The maximum Gasteiger partial charge on any atom is 0.416 e. The molecule has 0 radical (unpaired) electrons. The van der Waals surface area contributed by atoms with Crippen LogP contribution in [0.1, 0.15) is 42.7 Å². The number of carbonyl (C=O) groups excluding carboxylic acids is 1. The fraction of sp³-hybridized carbons (Fsp3) is 0.389. The van der Waals surface area contributed by atoms with E-state index in [-0.39, 0.29) is 11.4 Å². The van der Waals surface area contributed by atoms with Crippen molar-refractivity contribution in [3.8, 4) is 0 Å². The van der Waals surface area contributed by atoms with Gasteiger partial charge in [0.05, 0.1) is 5.56 Å². The highest BCUT2D eigenvalue weighted by atomic mass is 19.4. The Labute approximate surface area is 150 Å². The molecule has 1 amide bonds. The maximum absolute atomic E-state index is 12.8. The normalized spacial score (nSPS) is 11.3. The molecule has 0 aliphatic heterocycles. The first-order valence-electron chi connectivity index (χ1n) is 8.40. The highest BCUT2D eigenvalue weighted by Gasteiger charge is 2.30. The van der Waals surface area contributed by atoms with E-state index in [4.69, 9.17) is 0 Å². The highest BCUT2D eigenvalue weighted by molar-refractivity contribution is 6.03. The van der Waals surface area contributed by atoms with Crippen LogP contribution in [0.3, 0.4) is 0 Å². The van der Waals surface area contributed by atoms with E-state index in [2.05, 4.69) is 15.3 Å². The van der Waals surface area contributed by atoms with Gasteiger partial charge in [0.2, 0.25) is 0 Å². The molecule has 0 saturated carbocycles. The van der Waals surface area contributed by atoms with Gasteiger partial charge in [-0.3, -0.25) is 4.79 Å². The predicted molar refractivity (Wildman–Crippen MR) is 94.2 cm³/mol. The lowest BCUT2D eigenvalue weighted by atomic mass is 10.2. The van der Waals surface area contributed by atoms with Gasteiger partial charge in [0, 0.05) is 24.8 Å². The Bertz CT molecular complexity index is 743. The lowest BCUT2D eigenvalue weighted by molar-refractivity contribution is -0.137. The third-order valence-corrected chi connectivity index (χ3v) is 3.64. The second kappa shape index (κ2) is 8.64. The number of amides is 1. The molecular weight excluding hydrogens is 345 g/mol. The number of hydrogen-bond donors (Lipinski definition) is 1. The summed E-state index contributed by atoms with van der Waals surface area (Å²) in [6.07, 6.45) is -1.33. The Hall–Kier alpha value is -2.64. The first-order chi connectivity index (χ1) is 12.3. The van der Waals surface area contributed by atoms with Crippen molar-refractivity contribution in [2.45, 2.75) is 32.9 Å². The molecule has 0 bridgehead atoms. The number of anilines is 2. The van der Waals surface area contributed by atoms with Crippen LogP contribution in [-0.2, 0) is 6.18 Å². The minimum Gasteiger partial charge on any atom is -0.357 e. The Morgan fingerprint density at radius 2 is 1.81 bits per heavy atom. The molecule has 2 rings (SSSR count). The van der Waals surface area contributed by atoms with Crippen LogP contribution < -0.4 is 10.2 Å². The van der Waals surface area contributed by atoms with Gasteiger partial charge in [0.1, 0.15) is 17.8 Å². The summed E-state index contributed by atoms with van der Waals surface area (Å²) in [6.45, 7) is 5.68. The van der Waals surface area contributed by atoms with E-state index in [1.807, 2.05) is 18.7 Å². The predicted octanol–water partition coefficient (Wildman–Crippen LogP) is 4.37. The first-order valence-corrected chi connectivity index (χ1v) is 8.40. The zero-order valence-corrected chi connectivity index (χ0v) is 14.7. The van der Waals surface area contributed by atoms with E-state index in [0.29, 0.717) is 5.82 Å². The van der Waals surface area contributed by atoms with Crippen molar-refractivity contribution >= 4 is 17.4 Å². The number of rotatable bonds is 7. The largest absolute Gasteiger partial charge is 0.416 e. The number of alkyl halides is 3. The van der Waals surface area contributed by atoms with Crippen molar-refractivity contribution in [3.63, 3.8) is 0 Å². The van der Waals surface area contributed by atoms with Crippen molar-refractivity contribution in [3.05, 3.63) is 47.9 Å². The SMILES string of the molecule is CCCN(CCC)c1cc(C(=O)Nc2cccc(C(F)(F)F)c2)ncn1. The van der Waals surface area contributed by atoms with E-state index in [1.165, 1.54) is 18.5 Å². The van der Waals surface area contributed by atoms with Crippen LogP contribution in [0.2, 0.25) is 0 Å². The van der Waals surface area contributed by atoms with Crippen LogP contribution in [0, 0.1) is 0 Å². The lowest BCUT2D eigenvalue weighted by Crippen LogP contribution is -2.26. The fourth-order valence-electron chi connectivity index (χ4n) is 2.49. The van der Waals surface area contributed by atoms with Crippen LogP contribution in [-0.4, -0.2) is 29.0 Å². The summed E-state index contributed by atoms with van der Waals surface area (Å²) in [5.41, 5.74) is -0.663. The third-order valence-electron chi connectivity index (χ3n) is 3.64. The summed E-state index contributed by atoms with van der Waals surface area (Å²) >= 11 is 0. The van der Waals surface area contributed by atoms with Gasteiger partial charge in [-0.25, -0.2) is 9.97 Å². The van der Waals surface area contributed by atoms with E-state index in [0.717, 1.165) is 38.1 Å². The standard InChI is InChI=1S/C18H21F3N4O/c1-3-8-25(9-4-2)16-11-15(22-12-23-16)17(26)24-14-7-5-6-13(10-14)18(19,20)21/h5-7,10-12H,3-4,8-9H2,1-2H3,(H,24,26). The Morgan fingerprint density at radius 1 is 1.12 bits per heavy atom. The maximum atomic E-state index is 12.8. The van der Waals surface area contributed by atoms with E-state index in [9.17, 15) is 18.0 Å². The average molecular weight is 366 g/mol. The number of carbonyl (C=O) groups is 1. The number of nitrogens with zero attached hydrogens (tertiary/aromatic N) is 3. The van der Waals surface area contributed by atoms with Gasteiger partial charge in [-0.15, -0.1) is 0 Å². The molecule has 26 heavy (non-hydrogen) atoms. The minimum absolute atomic E-state index is 0.0592. The number of aromatic nitrogens is 2. The molecule has 0 saturated heterocycles. The molecule has 140 valence electrons. The highest BCUT2D eigenvalue weighted by Crippen LogP contribution is 2.30. The number of hydrogen-bond acceptors (Lipinski definition) is 4. The number of benzene rings is 1. The van der Waals surface area contributed by atoms with Crippen molar-refractivity contribution < 1.29 is 18.0 Å². The summed E-state index contributed by atoms with van der Waals surface area (Å²) in [7, 11) is 0. The smallest absolute Gasteiger partial charge is 0.357 e. The van der Waals surface area contributed by atoms with Crippen LogP contribution in [0.15, 0.2) is 36.7 Å². The molecule has 0 aliphatic carbocycles. The molecule has 0 fully saturated rings. The van der Waals surface area contributed by atoms with Gasteiger partial charge in [0.25, 0.3) is 5.91 Å². The minimum atomic E-state index is -4.47. The van der Waals surface area contributed by atoms with Crippen molar-refractivity contribution in [2.75, 3.05) is 23.3 Å². The monoisotopic (exact) mass is 366 g/mol. The molecule has 0 spiro atoms. The molecule has 0 unspecified atom stereocenters. The zero-order chi connectivity index (χ0) is 19.2. The van der Waals surface area contributed by atoms with Crippen LogP contribution >= 0.6 is 0 Å². The molecule has 0 aliphatic rings. The second-order valence-electron chi connectivity index (χ2n) is 5.78. The Kier molecular flexibility index (Phi) is 6.54. The van der Waals surface area contributed by atoms with Gasteiger partial charge in [0.15, 0.2) is 0 Å². The van der Waals surface area contributed by atoms with Crippen molar-refractivity contribution in [1.82, 2.24) is 9.97 Å². The van der Waals surface area contributed by atoms with Crippen molar-refractivity contribution in [2.24, 2.45) is 0 Å². The molecule has 0 atom stereocenters. The number of nitrogens with one attached hydrogen (secondary N) is 1. The van der Waals surface area contributed by atoms with Gasteiger partial charge in [-0.2, -0.15) is 13.2 Å². The van der Waals surface area contributed by atoms with E-state index < -0.39 is 17.6 Å². The third kappa shape index (κ3) is 5.18. The molecule has 1 aromatic heterocycles. The molecular formula is C18H21F3N4O. The average Bonchev–Trinajstić information content (AvgIpc) is 2.61. The van der Waals surface area contributed by atoms with Gasteiger partial charge in [-0.05, 0) is 31.0 Å². The Morgan fingerprint density at radius 3 is 2.42 bits per heavy atom. The first kappa shape index (κ1) is 19.7. The zero-order valence-electron chi connectivity index (χ0n) is 14.7. The summed E-state index contributed by atoms with van der Waals surface area (Å²) in [4.78, 5) is 22.5. The molecule has 1 N–H and O–H groups in total. The molecule has 1 aromatic carbocycles. The van der Waals surface area contributed by atoms with Crippen molar-refractivity contribution in [1.29, 1.82) is 0 Å². The quantitative estimate of drug-likeness (QED) is 0.790. The number of halogens is 3. The molecule has 2 aromatic rings.